The highest BCUT2D eigenvalue weighted by molar-refractivity contribution is 7.19. The Morgan fingerprint density at radius 2 is 1.62 bits per heavy atom. The van der Waals surface area contributed by atoms with Crippen molar-refractivity contribution in [3.05, 3.63) is 0 Å². The fraction of sp³-hybridized carbons (Fsp3) is 1.00. The largest absolute Gasteiger partial charge is 0.131 e. The fourth-order valence-corrected chi connectivity index (χ4v) is 1.03. The van der Waals surface area contributed by atoms with Crippen LogP contribution in [0.3, 0.4) is 0 Å². The summed E-state index contributed by atoms with van der Waals surface area (Å²) >= 11 is 0. The first-order chi connectivity index (χ1) is 3.46. The smallest absolute Gasteiger partial charge is 0.0101 e. The lowest BCUT2D eigenvalue weighted by atomic mass is 9.90. The predicted octanol–water partition coefficient (Wildman–Crippen LogP) is 2.44. The lowest BCUT2D eigenvalue weighted by Crippen LogP contribution is -2.20. The van der Waals surface area contributed by atoms with Crippen LogP contribution >= 0.6 is 9.24 Å². The maximum Gasteiger partial charge on any atom is -0.0101 e. The standard InChI is InChI=1S/C7H15P/c1-6(2,3)7(8)4-5-7/h4-5,8H2,1-3H3. The minimum absolute atomic E-state index is 0.512. The Balaban J connectivity index is 2.58. The lowest BCUT2D eigenvalue weighted by Gasteiger charge is -2.26. The molecule has 1 unspecified atom stereocenters. The number of hydrogen-bond donors (Lipinski definition) is 0. The third kappa shape index (κ3) is 0.910. The summed E-state index contributed by atoms with van der Waals surface area (Å²) in [6.45, 7) is 6.94. The van der Waals surface area contributed by atoms with E-state index in [1.807, 2.05) is 0 Å². The first-order valence-electron chi connectivity index (χ1n) is 3.25. The van der Waals surface area contributed by atoms with Gasteiger partial charge in [-0.05, 0) is 23.4 Å². The van der Waals surface area contributed by atoms with Crippen LogP contribution in [0.25, 0.3) is 0 Å². The third-order valence-electron chi connectivity index (χ3n) is 2.28. The van der Waals surface area contributed by atoms with Crippen LogP contribution in [-0.4, -0.2) is 5.16 Å². The second-order valence-electron chi connectivity index (χ2n) is 3.91. The molecule has 0 aliphatic heterocycles. The molecule has 0 heterocycles. The molecule has 0 aromatic heterocycles. The van der Waals surface area contributed by atoms with E-state index in [0.717, 1.165) is 0 Å². The van der Waals surface area contributed by atoms with Gasteiger partial charge in [0, 0.05) is 0 Å². The van der Waals surface area contributed by atoms with Crippen molar-refractivity contribution >= 4 is 9.24 Å². The molecule has 0 aromatic rings. The molecule has 0 radical (unpaired) electrons. The Labute approximate surface area is 54.3 Å². The molecule has 0 N–H and O–H groups in total. The summed E-state index contributed by atoms with van der Waals surface area (Å²) in [5, 5.41) is 0.604. The van der Waals surface area contributed by atoms with E-state index in [0.29, 0.717) is 10.6 Å². The molecule has 48 valence electrons. The molecule has 1 rings (SSSR count). The van der Waals surface area contributed by atoms with E-state index in [-0.39, 0.29) is 0 Å². The third-order valence-corrected chi connectivity index (χ3v) is 3.73. The van der Waals surface area contributed by atoms with Gasteiger partial charge in [0.2, 0.25) is 0 Å². The molecule has 0 saturated heterocycles. The number of hydrogen-bond acceptors (Lipinski definition) is 0. The molecule has 1 fully saturated rings. The van der Waals surface area contributed by atoms with Crippen molar-refractivity contribution in [2.75, 3.05) is 0 Å². The van der Waals surface area contributed by atoms with Gasteiger partial charge in [-0.3, -0.25) is 0 Å². The molecule has 1 heteroatoms. The van der Waals surface area contributed by atoms with E-state index in [9.17, 15) is 0 Å². The van der Waals surface area contributed by atoms with Crippen molar-refractivity contribution in [3.8, 4) is 0 Å². The minimum Gasteiger partial charge on any atom is -0.131 e. The van der Waals surface area contributed by atoms with E-state index in [1.54, 1.807) is 0 Å². The van der Waals surface area contributed by atoms with Gasteiger partial charge in [0.15, 0.2) is 0 Å². The van der Waals surface area contributed by atoms with E-state index in [4.69, 9.17) is 0 Å². The maximum atomic E-state index is 2.97. The normalized spacial score (nSPS) is 25.5. The van der Waals surface area contributed by atoms with Crippen LogP contribution in [0.1, 0.15) is 33.6 Å². The molecule has 0 aromatic carbocycles. The summed E-state index contributed by atoms with van der Waals surface area (Å²) in [7, 11) is 2.97. The molecule has 8 heavy (non-hydrogen) atoms. The van der Waals surface area contributed by atoms with Gasteiger partial charge in [-0.15, -0.1) is 9.24 Å². The van der Waals surface area contributed by atoms with Gasteiger partial charge < -0.3 is 0 Å². The summed E-state index contributed by atoms with van der Waals surface area (Å²) < 4.78 is 0. The van der Waals surface area contributed by atoms with Crippen molar-refractivity contribution < 1.29 is 0 Å². The highest BCUT2D eigenvalue weighted by Gasteiger charge is 2.47. The summed E-state index contributed by atoms with van der Waals surface area (Å²) in [6.07, 6.45) is 2.81. The first-order valence-corrected chi connectivity index (χ1v) is 3.82. The molecular formula is C7H15P. The Kier molecular flexibility index (Phi) is 1.21. The Morgan fingerprint density at radius 3 is 1.62 bits per heavy atom. The molecule has 0 amide bonds. The predicted molar refractivity (Wildman–Crippen MR) is 41.1 cm³/mol. The summed E-state index contributed by atoms with van der Waals surface area (Å²) in [4.78, 5) is 0. The van der Waals surface area contributed by atoms with Crippen molar-refractivity contribution in [1.29, 1.82) is 0 Å². The highest BCUT2D eigenvalue weighted by Crippen LogP contribution is 2.56. The molecule has 1 saturated carbocycles. The average molecular weight is 130 g/mol. The van der Waals surface area contributed by atoms with E-state index >= 15 is 0 Å². The van der Waals surface area contributed by atoms with Gasteiger partial charge >= 0.3 is 0 Å². The second-order valence-corrected chi connectivity index (χ2v) is 5.01. The zero-order valence-electron chi connectivity index (χ0n) is 5.99. The van der Waals surface area contributed by atoms with Crippen LogP contribution in [0.5, 0.6) is 0 Å². The summed E-state index contributed by atoms with van der Waals surface area (Å²) in [6, 6.07) is 0. The van der Waals surface area contributed by atoms with E-state index < -0.39 is 0 Å². The van der Waals surface area contributed by atoms with Crippen LogP contribution < -0.4 is 0 Å². The van der Waals surface area contributed by atoms with Crippen LogP contribution in [0.2, 0.25) is 0 Å². The van der Waals surface area contributed by atoms with Gasteiger partial charge in [0.25, 0.3) is 0 Å². The van der Waals surface area contributed by atoms with Gasteiger partial charge in [0.1, 0.15) is 0 Å². The molecule has 0 spiro atoms. The number of rotatable bonds is 0. The minimum atomic E-state index is 0.512. The maximum absolute atomic E-state index is 2.97. The molecule has 1 aliphatic carbocycles. The molecule has 1 aliphatic rings. The van der Waals surface area contributed by atoms with Crippen LogP contribution in [0.15, 0.2) is 0 Å². The molecule has 1 atom stereocenters. The van der Waals surface area contributed by atoms with Gasteiger partial charge in [-0.1, -0.05) is 20.8 Å². The van der Waals surface area contributed by atoms with Crippen LogP contribution in [0.4, 0.5) is 0 Å². The Hall–Kier alpha value is 0.430. The summed E-state index contributed by atoms with van der Waals surface area (Å²) in [5.74, 6) is 0. The molecular weight excluding hydrogens is 115 g/mol. The highest BCUT2D eigenvalue weighted by atomic mass is 31.0. The van der Waals surface area contributed by atoms with Gasteiger partial charge in [-0.2, -0.15) is 0 Å². The quantitative estimate of drug-likeness (QED) is 0.442. The van der Waals surface area contributed by atoms with Crippen molar-refractivity contribution in [2.45, 2.75) is 38.8 Å². The zero-order chi connectivity index (χ0) is 6.41. The Bertz CT molecular complexity index is 92.2. The van der Waals surface area contributed by atoms with Crippen LogP contribution in [0, 0.1) is 5.41 Å². The zero-order valence-corrected chi connectivity index (χ0v) is 7.15. The average Bonchev–Trinajstić information content (AvgIpc) is 2.16. The monoisotopic (exact) mass is 130 g/mol. The van der Waals surface area contributed by atoms with Crippen molar-refractivity contribution in [1.82, 2.24) is 0 Å². The fourth-order valence-electron chi connectivity index (χ4n) is 0.885. The molecule has 0 nitrogen and oxygen atoms in total. The van der Waals surface area contributed by atoms with E-state index in [2.05, 4.69) is 30.0 Å². The van der Waals surface area contributed by atoms with Gasteiger partial charge in [-0.25, -0.2) is 0 Å². The van der Waals surface area contributed by atoms with Crippen molar-refractivity contribution in [3.63, 3.8) is 0 Å². The second kappa shape index (κ2) is 1.48. The molecule has 0 bridgehead atoms. The van der Waals surface area contributed by atoms with E-state index in [1.165, 1.54) is 12.8 Å². The first kappa shape index (κ1) is 6.55. The van der Waals surface area contributed by atoms with Crippen molar-refractivity contribution in [2.24, 2.45) is 5.41 Å². The Morgan fingerprint density at radius 1 is 1.25 bits per heavy atom. The topological polar surface area (TPSA) is 0 Å². The SMILES string of the molecule is CC(C)(C)C1(P)CC1. The van der Waals surface area contributed by atoms with Gasteiger partial charge in [0.05, 0.1) is 0 Å². The lowest BCUT2D eigenvalue weighted by molar-refractivity contribution is 0.380. The van der Waals surface area contributed by atoms with Crippen LogP contribution in [-0.2, 0) is 0 Å². The summed E-state index contributed by atoms with van der Waals surface area (Å²) in [5.41, 5.74) is 0.512.